The van der Waals surface area contributed by atoms with Crippen LogP contribution in [0.1, 0.15) is 50.2 Å². The molecule has 1 N–H and O–H groups in total. The second-order valence-electron chi connectivity index (χ2n) is 5.37. The molecule has 1 heteroatoms. The van der Waals surface area contributed by atoms with E-state index in [0.717, 1.165) is 18.5 Å². The molecule has 0 aromatic heterocycles. The molecule has 2 rings (SSSR count). The average molecular weight is 231 g/mol. The van der Waals surface area contributed by atoms with Gasteiger partial charge in [-0.25, -0.2) is 0 Å². The molecule has 2 atom stereocenters. The lowest BCUT2D eigenvalue weighted by molar-refractivity contribution is 0.254. The molecule has 1 nitrogen and oxygen atoms in total. The van der Waals surface area contributed by atoms with Crippen molar-refractivity contribution in [3.63, 3.8) is 0 Å². The summed E-state index contributed by atoms with van der Waals surface area (Å²) in [6.45, 7) is 5.57. The number of benzene rings is 1. The predicted octanol–water partition coefficient (Wildman–Crippen LogP) is 4.05. The molecule has 0 spiro atoms. The summed E-state index contributed by atoms with van der Waals surface area (Å²) in [6, 6.07) is 9.45. The van der Waals surface area contributed by atoms with E-state index in [9.17, 15) is 0 Å². The van der Waals surface area contributed by atoms with E-state index >= 15 is 0 Å². The largest absolute Gasteiger partial charge is 0.310 e. The zero-order valence-corrected chi connectivity index (χ0v) is 11.2. The van der Waals surface area contributed by atoms with Crippen LogP contribution >= 0.6 is 0 Å². The number of hydrogen-bond acceptors (Lipinski definition) is 1. The van der Waals surface area contributed by atoms with E-state index in [1.165, 1.54) is 43.2 Å². The van der Waals surface area contributed by atoms with Crippen molar-refractivity contribution < 1.29 is 0 Å². The maximum absolute atomic E-state index is 3.78. The van der Waals surface area contributed by atoms with Crippen LogP contribution in [0.3, 0.4) is 0 Å². The van der Waals surface area contributed by atoms with Gasteiger partial charge in [-0.15, -0.1) is 0 Å². The fourth-order valence-electron chi connectivity index (χ4n) is 3.01. The lowest BCUT2D eigenvalue weighted by Crippen LogP contribution is -2.37. The van der Waals surface area contributed by atoms with Gasteiger partial charge in [-0.3, -0.25) is 0 Å². The summed E-state index contributed by atoms with van der Waals surface area (Å²) in [4.78, 5) is 0. The van der Waals surface area contributed by atoms with Crippen LogP contribution in [-0.4, -0.2) is 6.04 Å². The van der Waals surface area contributed by atoms with Gasteiger partial charge in [0.2, 0.25) is 0 Å². The Morgan fingerprint density at radius 2 is 1.94 bits per heavy atom. The van der Waals surface area contributed by atoms with Gasteiger partial charge in [0.15, 0.2) is 0 Å². The van der Waals surface area contributed by atoms with Crippen LogP contribution in [0, 0.1) is 12.8 Å². The van der Waals surface area contributed by atoms with Crippen molar-refractivity contribution >= 4 is 0 Å². The molecule has 2 unspecified atom stereocenters. The highest BCUT2D eigenvalue weighted by molar-refractivity contribution is 5.25. The molecule has 1 aliphatic carbocycles. The molecule has 0 aliphatic heterocycles. The van der Waals surface area contributed by atoms with Gasteiger partial charge < -0.3 is 5.32 Å². The second kappa shape index (κ2) is 6.20. The standard InChI is InChI=1S/C16H25N/c1-3-14-9-6-7-11-16(14)17-12-15-10-5-4-8-13(15)2/h4-5,8,10,14,16-17H,3,6-7,9,11-12H2,1-2H3. The lowest BCUT2D eigenvalue weighted by Gasteiger charge is -2.31. The maximum Gasteiger partial charge on any atom is 0.0210 e. The molecule has 1 fully saturated rings. The normalized spacial score (nSPS) is 24.8. The van der Waals surface area contributed by atoms with Gasteiger partial charge in [0.1, 0.15) is 0 Å². The quantitative estimate of drug-likeness (QED) is 0.824. The Hall–Kier alpha value is -0.820. The molecule has 1 aromatic carbocycles. The number of aryl methyl sites for hydroxylation is 1. The van der Waals surface area contributed by atoms with Gasteiger partial charge in [0.05, 0.1) is 0 Å². The van der Waals surface area contributed by atoms with E-state index < -0.39 is 0 Å². The average Bonchev–Trinajstić information content (AvgIpc) is 2.38. The van der Waals surface area contributed by atoms with Crippen molar-refractivity contribution in [3.05, 3.63) is 35.4 Å². The Bertz CT molecular complexity index is 345. The first kappa shape index (κ1) is 12.6. The van der Waals surface area contributed by atoms with Gasteiger partial charge in [-0.2, -0.15) is 0 Å². The Kier molecular flexibility index (Phi) is 4.61. The minimum atomic E-state index is 0.744. The fourth-order valence-corrected chi connectivity index (χ4v) is 3.01. The summed E-state index contributed by atoms with van der Waals surface area (Å²) in [6.07, 6.45) is 6.95. The summed E-state index contributed by atoms with van der Waals surface area (Å²) in [5, 5.41) is 3.78. The van der Waals surface area contributed by atoms with Crippen molar-refractivity contribution in [1.82, 2.24) is 5.32 Å². The molecule has 17 heavy (non-hydrogen) atoms. The third-order valence-corrected chi connectivity index (χ3v) is 4.25. The number of hydrogen-bond donors (Lipinski definition) is 1. The van der Waals surface area contributed by atoms with Crippen LogP contribution < -0.4 is 5.32 Å². The Morgan fingerprint density at radius 1 is 1.18 bits per heavy atom. The molecule has 0 saturated heterocycles. The van der Waals surface area contributed by atoms with Crippen molar-refractivity contribution in [3.8, 4) is 0 Å². The van der Waals surface area contributed by atoms with Gasteiger partial charge >= 0.3 is 0 Å². The number of nitrogens with one attached hydrogen (secondary N) is 1. The minimum Gasteiger partial charge on any atom is -0.310 e. The third kappa shape index (κ3) is 3.32. The smallest absolute Gasteiger partial charge is 0.0210 e. The van der Waals surface area contributed by atoms with Gasteiger partial charge in [0, 0.05) is 12.6 Å². The first-order valence-corrected chi connectivity index (χ1v) is 7.09. The molecule has 0 heterocycles. The zero-order valence-electron chi connectivity index (χ0n) is 11.2. The van der Waals surface area contributed by atoms with Gasteiger partial charge in [-0.05, 0) is 36.8 Å². The van der Waals surface area contributed by atoms with Crippen LogP contribution in [-0.2, 0) is 6.54 Å². The van der Waals surface area contributed by atoms with E-state index in [4.69, 9.17) is 0 Å². The highest BCUT2D eigenvalue weighted by atomic mass is 14.9. The Balaban J connectivity index is 1.90. The molecule has 1 aromatic rings. The minimum absolute atomic E-state index is 0.744. The van der Waals surface area contributed by atoms with Crippen LogP contribution in [0.4, 0.5) is 0 Å². The summed E-state index contributed by atoms with van der Waals surface area (Å²) in [7, 11) is 0. The van der Waals surface area contributed by atoms with E-state index in [-0.39, 0.29) is 0 Å². The van der Waals surface area contributed by atoms with E-state index in [1.54, 1.807) is 0 Å². The van der Waals surface area contributed by atoms with Gasteiger partial charge in [-0.1, -0.05) is 50.5 Å². The first-order valence-electron chi connectivity index (χ1n) is 7.09. The van der Waals surface area contributed by atoms with Crippen molar-refractivity contribution in [2.75, 3.05) is 0 Å². The Labute approximate surface area is 106 Å². The van der Waals surface area contributed by atoms with E-state index in [2.05, 4.69) is 43.4 Å². The molecular formula is C16H25N. The SMILES string of the molecule is CCC1CCCCC1NCc1ccccc1C. The number of rotatable bonds is 4. The molecule has 0 bridgehead atoms. The van der Waals surface area contributed by atoms with Crippen LogP contribution in [0.15, 0.2) is 24.3 Å². The van der Waals surface area contributed by atoms with Crippen LogP contribution in [0.5, 0.6) is 0 Å². The lowest BCUT2D eigenvalue weighted by atomic mass is 9.83. The van der Waals surface area contributed by atoms with Gasteiger partial charge in [0.25, 0.3) is 0 Å². The summed E-state index contributed by atoms with van der Waals surface area (Å²) in [5.41, 5.74) is 2.86. The van der Waals surface area contributed by atoms with Crippen molar-refractivity contribution in [2.45, 2.75) is 58.5 Å². The zero-order chi connectivity index (χ0) is 12.1. The highest BCUT2D eigenvalue weighted by Crippen LogP contribution is 2.27. The molecule has 1 saturated carbocycles. The summed E-state index contributed by atoms with van der Waals surface area (Å²) in [5.74, 6) is 0.896. The molecule has 94 valence electrons. The van der Waals surface area contributed by atoms with Crippen LogP contribution in [0.25, 0.3) is 0 Å². The maximum atomic E-state index is 3.78. The Morgan fingerprint density at radius 3 is 2.71 bits per heavy atom. The molecule has 0 radical (unpaired) electrons. The predicted molar refractivity (Wildman–Crippen MR) is 74.1 cm³/mol. The monoisotopic (exact) mass is 231 g/mol. The summed E-state index contributed by atoms with van der Waals surface area (Å²) < 4.78 is 0. The second-order valence-corrected chi connectivity index (χ2v) is 5.37. The highest BCUT2D eigenvalue weighted by Gasteiger charge is 2.22. The first-order chi connectivity index (χ1) is 8.31. The van der Waals surface area contributed by atoms with E-state index in [1.807, 2.05) is 0 Å². The summed E-state index contributed by atoms with van der Waals surface area (Å²) >= 11 is 0. The fraction of sp³-hybridized carbons (Fsp3) is 0.625. The topological polar surface area (TPSA) is 12.0 Å². The van der Waals surface area contributed by atoms with Crippen LogP contribution in [0.2, 0.25) is 0 Å². The van der Waals surface area contributed by atoms with E-state index in [0.29, 0.717) is 0 Å². The molecule has 0 amide bonds. The molecule has 1 aliphatic rings. The molecular weight excluding hydrogens is 206 g/mol. The third-order valence-electron chi connectivity index (χ3n) is 4.25. The van der Waals surface area contributed by atoms with Crippen molar-refractivity contribution in [1.29, 1.82) is 0 Å². The van der Waals surface area contributed by atoms with Crippen molar-refractivity contribution in [2.24, 2.45) is 5.92 Å².